The molecule has 0 spiro atoms. The number of halogens is 1. The molecule has 4 aromatic rings. The van der Waals surface area contributed by atoms with Gasteiger partial charge in [0.1, 0.15) is 30.7 Å². The Morgan fingerprint density at radius 3 is 2.18 bits per heavy atom. The molecule has 0 aliphatic heterocycles. The molecular weight excluding hydrogens is 557 g/mol. The van der Waals surface area contributed by atoms with Gasteiger partial charge in [0.05, 0.1) is 30.4 Å². The van der Waals surface area contributed by atoms with Crippen LogP contribution < -0.4 is 4.74 Å². The van der Waals surface area contributed by atoms with E-state index in [-0.39, 0.29) is 12.4 Å². The zero-order valence-electron chi connectivity index (χ0n) is 26.3. The molecule has 0 saturated heterocycles. The Bertz CT molecular complexity index is 1510. The van der Waals surface area contributed by atoms with E-state index in [1.54, 1.807) is 19.1 Å². The number of rotatable bonds is 15. The number of carbonyl (C=O) groups is 1. The second-order valence-corrected chi connectivity index (χ2v) is 11.4. The number of ether oxygens (including phenoxy) is 2. The summed E-state index contributed by atoms with van der Waals surface area (Å²) in [6.45, 7) is 8.93. The first-order chi connectivity index (χ1) is 21.3. The van der Waals surface area contributed by atoms with Gasteiger partial charge >= 0.3 is 5.97 Å². The Morgan fingerprint density at radius 1 is 0.909 bits per heavy atom. The summed E-state index contributed by atoms with van der Waals surface area (Å²) in [5.41, 5.74) is 6.79. The maximum atomic E-state index is 13.1. The van der Waals surface area contributed by atoms with Crippen molar-refractivity contribution >= 4 is 11.7 Å². The topological polar surface area (TPSA) is 74.9 Å². The summed E-state index contributed by atoms with van der Waals surface area (Å²) in [6, 6.07) is 22.3. The molecule has 3 aromatic carbocycles. The van der Waals surface area contributed by atoms with E-state index in [4.69, 9.17) is 19.4 Å². The van der Waals surface area contributed by atoms with Gasteiger partial charge in [-0.3, -0.25) is 4.79 Å². The summed E-state index contributed by atoms with van der Waals surface area (Å²) < 4.78 is 26.3. The molecule has 0 saturated carbocycles. The van der Waals surface area contributed by atoms with E-state index in [9.17, 15) is 9.18 Å². The first-order valence-corrected chi connectivity index (χ1v) is 15.1. The molecule has 0 radical (unpaired) electrons. The number of benzene rings is 3. The highest BCUT2D eigenvalue weighted by Crippen LogP contribution is 2.22. The van der Waals surface area contributed by atoms with Gasteiger partial charge in [0, 0.05) is 5.56 Å². The zero-order chi connectivity index (χ0) is 31.5. The van der Waals surface area contributed by atoms with Gasteiger partial charge in [-0.25, -0.2) is 9.07 Å². The number of esters is 1. The van der Waals surface area contributed by atoms with Crippen LogP contribution in [0.15, 0.2) is 84.1 Å². The van der Waals surface area contributed by atoms with Crippen LogP contribution in [0.3, 0.4) is 0 Å². The Balaban J connectivity index is 1.38. The van der Waals surface area contributed by atoms with Crippen LogP contribution >= 0.6 is 0 Å². The third-order valence-corrected chi connectivity index (χ3v) is 7.37. The maximum absolute atomic E-state index is 13.1. The van der Waals surface area contributed by atoms with Gasteiger partial charge in [-0.05, 0) is 85.2 Å². The summed E-state index contributed by atoms with van der Waals surface area (Å²) >= 11 is 0. The van der Waals surface area contributed by atoms with Crippen LogP contribution in [0.2, 0.25) is 0 Å². The molecule has 1 atom stereocenters. The number of hydrogen-bond donors (Lipinski definition) is 0. The lowest BCUT2D eigenvalue weighted by Crippen LogP contribution is -2.26. The number of hydrogen-bond acceptors (Lipinski definition) is 6. The van der Waals surface area contributed by atoms with E-state index in [0.29, 0.717) is 24.7 Å². The molecule has 0 N–H and O–H groups in total. The molecule has 4 rings (SSSR count). The average molecular weight is 600 g/mol. The van der Waals surface area contributed by atoms with Gasteiger partial charge in [0.15, 0.2) is 0 Å². The SMILES string of the molecule is CCCc1c(COc2ccc(CC(C(=O)OC)/C(C)=N/OCc3ccc(F)cc3)cc2)cnn1-c1ccc(CC(C)C)cc1. The molecular formula is C36H42FN3O4. The predicted octanol–water partition coefficient (Wildman–Crippen LogP) is 7.67. The van der Waals surface area contributed by atoms with Crippen LogP contribution in [0, 0.1) is 17.7 Å². The highest BCUT2D eigenvalue weighted by atomic mass is 19.1. The van der Waals surface area contributed by atoms with Crippen molar-refractivity contribution in [2.45, 2.75) is 66.6 Å². The second kappa shape index (κ2) is 15.8. The summed E-state index contributed by atoms with van der Waals surface area (Å²) in [5.74, 6) is 0.0240. The van der Waals surface area contributed by atoms with Crippen molar-refractivity contribution < 1.29 is 23.5 Å². The van der Waals surface area contributed by atoms with E-state index < -0.39 is 11.9 Å². The lowest BCUT2D eigenvalue weighted by Gasteiger charge is -2.15. The van der Waals surface area contributed by atoms with E-state index in [1.165, 1.54) is 24.8 Å². The normalized spacial score (nSPS) is 12.3. The molecule has 44 heavy (non-hydrogen) atoms. The van der Waals surface area contributed by atoms with Crippen molar-refractivity contribution in [3.05, 3.63) is 113 Å². The molecule has 8 heteroatoms. The lowest BCUT2D eigenvalue weighted by atomic mass is 9.95. The fourth-order valence-corrected chi connectivity index (χ4v) is 5.01. The first kappa shape index (κ1) is 32.5. The fraction of sp³-hybridized carbons (Fsp3) is 0.361. The minimum absolute atomic E-state index is 0.168. The van der Waals surface area contributed by atoms with Crippen molar-refractivity contribution in [1.82, 2.24) is 9.78 Å². The molecule has 1 heterocycles. The second-order valence-electron chi connectivity index (χ2n) is 11.4. The maximum Gasteiger partial charge on any atom is 0.314 e. The largest absolute Gasteiger partial charge is 0.489 e. The predicted molar refractivity (Wildman–Crippen MR) is 170 cm³/mol. The third kappa shape index (κ3) is 9.02. The lowest BCUT2D eigenvalue weighted by molar-refractivity contribution is -0.143. The minimum Gasteiger partial charge on any atom is -0.489 e. The number of nitrogens with zero attached hydrogens (tertiary/aromatic N) is 3. The van der Waals surface area contributed by atoms with Crippen molar-refractivity contribution in [3.8, 4) is 11.4 Å². The molecule has 1 aromatic heterocycles. The summed E-state index contributed by atoms with van der Waals surface area (Å²) in [7, 11) is 1.36. The molecule has 0 aliphatic carbocycles. The molecule has 7 nitrogen and oxygen atoms in total. The first-order valence-electron chi connectivity index (χ1n) is 15.1. The van der Waals surface area contributed by atoms with Gasteiger partial charge in [-0.1, -0.05) is 68.7 Å². The highest BCUT2D eigenvalue weighted by Gasteiger charge is 2.24. The zero-order valence-corrected chi connectivity index (χ0v) is 26.3. The number of carbonyl (C=O) groups excluding carboxylic acids is 1. The van der Waals surface area contributed by atoms with Crippen LogP contribution in [0.25, 0.3) is 5.69 Å². The van der Waals surface area contributed by atoms with Gasteiger partial charge in [-0.15, -0.1) is 0 Å². The van der Waals surface area contributed by atoms with Gasteiger partial charge in [0.25, 0.3) is 0 Å². The van der Waals surface area contributed by atoms with Crippen molar-refractivity contribution in [2.75, 3.05) is 7.11 Å². The monoisotopic (exact) mass is 599 g/mol. The number of aromatic nitrogens is 2. The molecule has 0 aliphatic rings. The smallest absolute Gasteiger partial charge is 0.314 e. The average Bonchev–Trinajstić information content (AvgIpc) is 3.42. The fourth-order valence-electron chi connectivity index (χ4n) is 5.01. The van der Waals surface area contributed by atoms with Crippen LogP contribution in [0.5, 0.6) is 5.75 Å². The van der Waals surface area contributed by atoms with E-state index in [1.807, 2.05) is 35.1 Å². The Kier molecular flexibility index (Phi) is 11.7. The summed E-state index contributed by atoms with van der Waals surface area (Å²) in [4.78, 5) is 18.0. The summed E-state index contributed by atoms with van der Waals surface area (Å²) in [5, 5.41) is 8.83. The Hall–Kier alpha value is -4.46. The van der Waals surface area contributed by atoms with Crippen molar-refractivity contribution in [1.29, 1.82) is 0 Å². The Morgan fingerprint density at radius 2 is 1.55 bits per heavy atom. The van der Waals surface area contributed by atoms with Crippen molar-refractivity contribution in [3.63, 3.8) is 0 Å². The molecule has 232 valence electrons. The van der Waals surface area contributed by atoms with E-state index >= 15 is 0 Å². The van der Waals surface area contributed by atoms with Gasteiger partial charge in [-0.2, -0.15) is 5.10 Å². The summed E-state index contributed by atoms with van der Waals surface area (Å²) in [6.07, 6.45) is 5.24. The van der Waals surface area contributed by atoms with Crippen LogP contribution in [0.1, 0.15) is 62.1 Å². The van der Waals surface area contributed by atoms with E-state index in [0.717, 1.165) is 53.1 Å². The standard InChI is InChI=1S/C36H42FN3O4/c1-6-7-35-30(22-38-40(35)32-16-10-27(11-17-32)20-25(2)3)24-43-33-18-12-28(13-19-33)21-34(36(41)42-5)26(4)39-44-23-29-8-14-31(37)15-9-29/h8-19,22,25,34H,6-7,20-21,23-24H2,1-5H3/b39-26+. The Labute approximate surface area is 259 Å². The van der Waals surface area contributed by atoms with Crippen LogP contribution in [0.4, 0.5) is 4.39 Å². The molecule has 0 amide bonds. The third-order valence-electron chi connectivity index (χ3n) is 7.37. The van der Waals surface area contributed by atoms with Gasteiger partial charge in [0.2, 0.25) is 0 Å². The quantitative estimate of drug-likeness (QED) is 0.0797. The van der Waals surface area contributed by atoms with Crippen LogP contribution in [-0.2, 0) is 46.8 Å². The number of oxime groups is 1. The van der Waals surface area contributed by atoms with Crippen molar-refractivity contribution in [2.24, 2.45) is 17.0 Å². The molecule has 1 unspecified atom stereocenters. The van der Waals surface area contributed by atoms with Crippen LogP contribution in [-0.4, -0.2) is 28.6 Å². The van der Waals surface area contributed by atoms with E-state index in [2.05, 4.69) is 50.2 Å². The number of methoxy groups -OCH3 is 1. The highest BCUT2D eigenvalue weighted by molar-refractivity contribution is 6.00. The van der Waals surface area contributed by atoms with Gasteiger partial charge < -0.3 is 14.3 Å². The molecule has 0 fully saturated rings. The minimum atomic E-state index is -0.609. The molecule has 0 bridgehead atoms.